The normalized spacial score (nSPS) is 12.7. The quantitative estimate of drug-likeness (QED) is 0.129. The largest absolute Gasteiger partial charge is 2.00 e. The molecule has 9 rings (SSSR count). The fourth-order valence-corrected chi connectivity index (χ4v) is 6.78. The molecule has 3 aromatic heterocycles. The van der Waals surface area contributed by atoms with Gasteiger partial charge >= 0.3 is 35.2 Å². The average molecular weight is 975 g/mol. The molecule has 0 saturated heterocycles. The number of carbonyl (C=O) groups is 4. The van der Waals surface area contributed by atoms with Crippen molar-refractivity contribution in [3.63, 3.8) is 0 Å². The van der Waals surface area contributed by atoms with E-state index < -0.39 is 11.2 Å². The van der Waals surface area contributed by atoms with Crippen LogP contribution in [0.25, 0.3) is 0 Å². The molecule has 67 heavy (non-hydrogen) atoms. The van der Waals surface area contributed by atoms with E-state index in [9.17, 15) is 19.2 Å². The minimum atomic E-state index is -0.529. The molecule has 3 aliphatic heterocycles. The van der Waals surface area contributed by atoms with Gasteiger partial charge in [-0.25, -0.2) is 14.6 Å². The van der Waals surface area contributed by atoms with Gasteiger partial charge < -0.3 is 31.8 Å². The van der Waals surface area contributed by atoms with Crippen LogP contribution < -0.4 is 22.3 Å². The number of benzene rings is 3. The van der Waals surface area contributed by atoms with Gasteiger partial charge in [0.05, 0.1) is 13.1 Å². The van der Waals surface area contributed by atoms with Gasteiger partial charge in [0.25, 0.3) is 0 Å². The van der Waals surface area contributed by atoms with Crippen LogP contribution in [0.2, 0.25) is 0 Å². The van der Waals surface area contributed by atoms with Crippen LogP contribution in [0.3, 0.4) is 0 Å². The first-order chi connectivity index (χ1) is 31.1. The standard InChI is InChI=1S/C19H20N2O3.C14H12N2O.C13H15N3O2.C6H5.BrH.Mg/c1-19(2,3)24-18(23)21-11-14-9-16(20-10-15(14)12-21)17(22)13-7-5-4-6-8-13;17-14(10-4-2-1-3-5-10)13-6-11-7-15-8-12(11)9-16-13;1-13(2,3)18-12(17)16-7-9-4-11(5-14)15-6-10(9)8-16;1-2-4-6-5-3-1;;/h4-10H,11-12H2,1-3H3;1-6,9,15H,7-8H2;4,6H,7-8H2,1-3H3;1-5H;1H;/q;;;-1;;+2/p-1. The summed E-state index contributed by atoms with van der Waals surface area (Å²) in [5, 5.41) is 12.0. The Hall–Kier alpha value is -6.31. The molecule has 0 unspecified atom stereocenters. The Labute approximate surface area is 418 Å². The number of pyridine rings is 3. The summed E-state index contributed by atoms with van der Waals surface area (Å²) in [4.78, 5) is 64.5. The molecule has 340 valence electrons. The first-order valence-electron chi connectivity index (χ1n) is 21.2. The van der Waals surface area contributed by atoms with E-state index in [2.05, 4.69) is 26.3 Å². The van der Waals surface area contributed by atoms with Gasteiger partial charge in [-0.05, 0) is 93.1 Å². The van der Waals surface area contributed by atoms with Crippen LogP contribution in [0.1, 0.15) is 113 Å². The van der Waals surface area contributed by atoms with Crippen molar-refractivity contribution in [2.24, 2.45) is 0 Å². The number of ether oxygens (including phenoxy) is 2. The van der Waals surface area contributed by atoms with Gasteiger partial charge in [-0.2, -0.15) is 41.7 Å². The van der Waals surface area contributed by atoms with Crippen LogP contribution >= 0.6 is 0 Å². The van der Waals surface area contributed by atoms with Gasteiger partial charge in [-0.15, -0.1) is 0 Å². The smallest absolute Gasteiger partial charge is 1.00 e. The van der Waals surface area contributed by atoms with Crippen molar-refractivity contribution in [1.82, 2.24) is 30.1 Å². The van der Waals surface area contributed by atoms with Gasteiger partial charge in [-0.3, -0.25) is 29.4 Å². The van der Waals surface area contributed by atoms with Gasteiger partial charge in [0.2, 0.25) is 11.6 Å². The summed E-state index contributed by atoms with van der Waals surface area (Å²) in [6, 6.07) is 38.2. The van der Waals surface area contributed by atoms with Crippen molar-refractivity contribution < 1.29 is 45.6 Å². The van der Waals surface area contributed by atoms with Crippen molar-refractivity contribution in [3.8, 4) is 6.07 Å². The number of amides is 2. The maximum atomic E-state index is 12.5. The van der Waals surface area contributed by atoms with Crippen molar-refractivity contribution in [2.75, 3.05) is 0 Å². The molecule has 0 spiro atoms. The first kappa shape index (κ1) is 53.3. The van der Waals surface area contributed by atoms with Crippen LogP contribution in [-0.2, 0) is 48.7 Å². The summed E-state index contributed by atoms with van der Waals surface area (Å²) < 4.78 is 10.7. The second kappa shape index (κ2) is 24.5. The van der Waals surface area contributed by atoms with E-state index in [1.165, 1.54) is 11.1 Å². The maximum Gasteiger partial charge on any atom is 2.00 e. The number of nitriles is 1. The zero-order chi connectivity index (χ0) is 46.6. The molecular formula is C52H52BrMgN7O6. The Balaban J connectivity index is 0.000000206. The van der Waals surface area contributed by atoms with Crippen molar-refractivity contribution in [2.45, 2.75) is 92.0 Å². The van der Waals surface area contributed by atoms with Crippen LogP contribution in [0.5, 0.6) is 0 Å². The molecular weight excluding hydrogens is 923 g/mol. The number of nitrogens with one attached hydrogen (secondary N) is 1. The Kier molecular flexibility index (Phi) is 19.5. The number of ketones is 2. The van der Waals surface area contributed by atoms with Crippen molar-refractivity contribution in [3.05, 3.63) is 195 Å². The molecule has 3 aromatic carbocycles. The number of fused-ring (bicyclic) bond motifs is 3. The zero-order valence-corrected chi connectivity index (χ0v) is 41.6. The Morgan fingerprint density at radius 3 is 1.42 bits per heavy atom. The summed E-state index contributed by atoms with van der Waals surface area (Å²) in [7, 11) is 0. The third-order valence-electron chi connectivity index (χ3n) is 9.89. The minimum Gasteiger partial charge on any atom is -1.00 e. The average Bonchev–Trinajstić information content (AvgIpc) is 4.07. The SMILES string of the molecule is CC(C)(C)OC(=O)N1Cc2cnc(C#N)cc2C1.CC(C)(C)OC(=O)N1Cc2cnc(C(=O)c3ccccc3)cc2C1.O=C(c1ccccc1)c1cc2c(cn1)CNC2.[Br-].[Mg+2].[c-]1ccccc1. The second-order valence-electron chi connectivity index (χ2n) is 17.4. The summed E-state index contributed by atoms with van der Waals surface area (Å²) in [6.45, 7) is 14.6. The third-order valence-corrected chi connectivity index (χ3v) is 9.89. The fourth-order valence-electron chi connectivity index (χ4n) is 6.78. The van der Waals surface area contributed by atoms with Crippen LogP contribution in [-0.4, -0.2) is 82.8 Å². The number of carbonyl (C=O) groups excluding carboxylic acids is 4. The molecule has 0 saturated carbocycles. The maximum absolute atomic E-state index is 12.5. The molecule has 3 aliphatic rings. The predicted octanol–water partition coefficient (Wildman–Crippen LogP) is 5.79. The van der Waals surface area contributed by atoms with E-state index in [4.69, 9.17) is 14.7 Å². The molecule has 6 heterocycles. The van der Waals surface area contributed by atoms with Crippen LogP contribution in [0, 0.1) is 17.4 Å². The molecule has 0 radical (unpaired) electrons. The number of hydrogen-bond donors (Lipinski definition) is 1. The summed E-state index contributed by atoms with van der Waals surface area (Å²) >= 11 is 0. The molecule has 1 N–H and O–H groups in total. The van der Waals surface area contributed by atoms with E-state index in [0.717, 1.165) is 35.3 Å². The Morgan fingerprint density at radius 1 is 0.582 bits per heavy atom. The number of rotatable bonds is 4. The molecule has 0 bridgehead atoms. The first-order valence-corrected chi connectivity index (χ1v) is 21.2. The van der Waals surface area contributed by atoms with Gasteiger partial charge in [0.1, 0.15) is 34.4 Å². The van der Waals surface area contributed by atoms with E-state index in [1.807, 2.05) is 133 Å². The molecule has 13 nitrogen and oxygen atoms in total. The molecule has 2 amide bonds. The van der Waals surface area contributed by atoms with Crippen molar-refractivity contribution >= 4 is 46.8 Å². The number of halogens is 1. The van der Waals surface area contributed by atoms with E-state index in [-0.39, 0.29) is 63.8 Å². The Bertz CT molecular complexity index is 2640. The molecule has 15 heteroatoms. The fraction of sp³-hybridized carbons (Fsp3) is 0.269. The van der Waals surface area contributed by atoms with Crippen molar-refractivity contribution in [1.29, 1.82) is 5.26 Å². The van der Waals surface area contributed by atoms with E-state index in [1.54, 1.807) is 52.7 Å². The zero-order valence-electron chi connectivity index (χ0n) is 38.6. The van der Waals surface area contributed by atoms with E-state index in [0.29, 0.717) is 54.4 Å². The molecule has 6 aromatic rings. The summed E-state index contributed by atoms with van der Waals surface area (Å²) in [5.41, 5.74) is 7.75. The van der Waals surface area contributed by atoms with Gasteiger partial charge in [0.15, 0.2) is 0 Å². The minimum absolute atomic E-state index is 0. The van der Waals surface area contributed by atoms with Gasteiger partial charge in [0, 0.05) is 55.9 Å². The molecule has 0 aliphatic carbocycles. The molecule has 0 fully saturated rings. The van der Waals surface area contributed by atoms with Gasteiger partial charge in [-0.1, -0.05) is 60.7 Å². The summed E-state index contributed by atoms with van der Waals surface area (Å²) in [5.74, 6) is -0.130. The number of aromatic nitrogens is 3. The number of nitrogens with zero attached hydrogens (tertiary/aromatic N) is 6. The van der Waals surface area contributed by atoms with Crippen LogP contribution in [0.4, 0.5) is 9.59 Å². The molecule has 0 atom stereocenters. The Morgan fingerprint density at radius 2 is 0.985 bits per heavy atom. The van der Waals surface area contributed by atoms with Crippen LogP contribution in [0.15, 0.2) is 128 Å². The van der Waals surface area contributed by atoms with E-state index >= 15 is 0 Å². The second-order valence-corrected chi connectivity index (χ2v) is 17.4. The third kappa shape index (κ3) is 15.6. The topological polar surface area (TPSA) is 168 Å². The predicted molar refractivity (Wildman–Crippen MR) is 250 cm³/mol. The summed E-state index contributed by atoms with van der Waals surface area (Å²) in [6.07, 6.45) is 4.44. The monoisotopic (exact) mass is 973 g/mol. The number of hydrogen-bond acceptors (Lipinski definition) is 11.